The summed E-state index contributed by atoms with van der Waals surface area (Å²) in [6, 6.07) is 7.21. The average Bonchev–Trinajstić information content (AvgIpc) is 2.53. The topological polar surface area (TPSA) is 129 Å². The third-order valence-electron chi connectivity index (χ3n) is 3.84. The van der Waals surface area contributed by atoms with Gasteiger partial charge < -0.3 is 15.6 Å². The second kappa shape index (κ2) is 6.89. The van der Waals surface area contributed by atoms with Crippen LogP contribution < -0.4 is 40.6 Å². The summed E-state index contributed by atoms with van der Waals surface area (Å²) < 4.78 is 34.4. The smallest absolute Gasteiger partial charge is 0.744 e. The van der Waals surface area contributed by atoms with Crippen molar-refractivity contribution in [2.24, 2.45) is 0 Å². The zero-order valence-corrected chi connectivity index (χ0v) is 16.4. The van der Waals surface area contributed by atoms with Crippen LogP contribution in [0.2, 0.25) is 0 Å². The molecular weight excluding hydrogens is 355 g/mol. The van der Waals surface area contributed by atoms with Crippen LogP contribution in [0.1, 0.15) is 38.8 Å². The number of ketones is 2. The molecule has 9 heteroatoms. The number of hydrogen-bond acceptors (Lipinski definition) is 7. The molecule has 0 saturated carbocycles. The molecule has 0 amide bonds. The minimum Gasteiger partial charge on any atom is -0.744 e. The fourth-order valence-electron chi connectivity index (χ4n) is 2.83. The number of nitrogens with two attached hydrogens (primary N) is 1. The summed E-state index contributed by atoms with van der Waals surface area (Å²) in [5.41, 5.74) is 5.49. The summed E-state index contributed by atoms with van der Waals surface area (Å²) in [6.07, 6.45) is 0. The molecule has 0 heterocycles. The third-order valence-corrected chi connectivity index (χ3v) is 4.71. The Bertz CT molecular complexity index is 1000. The first-order chi connectivity index (χ1) is 11.3. The molecule has 0 atom stereocenters. The van der Waals surface area contributed by atoms with Gasteiger partial charge in [-0.2, -0.15) is 0 Å². The second-order valence-corrected chi connectivity index (χ2v) is 6.62. The summed E-state index contributed by atoms with van der Waals surface area (Å²) in [5, 5.41) is 2.83. The Morgan fingerprint density at radius 2 is 1.60 bits per heavy atom. The van der Waals surface area contributed by atoms with E-state index in [-0.39, 0.29) is 57.5 Å². The Kier molecular flexibility index (Phi) is 5.41. The number of nitrogen functional groups attached to an aromatic ring is 1. The molecule has 25 heavy (non-hydrogen) atoms. The first-order valence-electron chi connectivity index (χ1n) is 7.12. The summed E-state index contributed by atoms with van der Waals surface area (Å²) >= 11 is 0. The van der Waals surface area contributed by atoms with Gasteiger partial charge in [-0.15, -0.1) is 0 Å². The van der Waals surface area contributed by atoms with Crippen LogP contribution in [0.5, 0.6) is 0 Å². The van der Waals surface area contributed by atoms with E-state index in [1.807, 2.05) is 0 Å². The molecule has 0 spiro atoms. The number of anilines is 2. The van der Waals surface area contributed by atoms with E-state index < -0.39 is 32.3 Å². The first kappa shape index (κ1) is 19.6. The number of hydrogen-bond donors (Lipinski definition) is 2. The van der Waals surface area contributed by atoms with Gasteiger partial charge in [0.05, 0.1) is 21.7 Å². The van der Waals surface area contributed by atoms with Crippen LogP contribution >= 0.6 is 0 Å². The molecule has 0 radical (unpaired) electrons. The molecule has 0 fully saturated rings. The minimum absolute atomic E-state index is 0. The van der Waals surface area contributed by atoms with E-state index >= 15 is 0 Å². The van der Waals surface area contributed by atoms with Crippen LogP contribution in [0.15, 0.2) is 35.2 Å². The van der Waals surface area contributed by atoms with Crippen molar-refractivity contribution in [2.75, 3.05) is 17.6 Å². The van der Waals surface area contributed by atoms with Crippen molar-refractivity contribution >= 4 is 33.1 Å². The molecule has 1 aliphatic carbocycles. The Balaban J connectivity index is 0.00000225. The van der Waals surface area contributed by atoms with Gasteiger partial charge in [0.25, 0.3) is 0 Å². The minimum atomic E-state index is -4.90. The molecule has 7 nitrogen and oxygen atoms in total. The normalized spacial score (nSPS) is 12.9. The van der Waals surface area contributed by atoms with Crippen LogP contribution in [0.3, 0.4) is 0 Å². The molecule has 0 aromatic heterocycles. The molecule has 1 aliphatic rings. The molecule has 124 valence electrons. The molecular formula is C16H13N2NaO5S. The molecule has 0 unspecified atom stereocenters. The number of carbonyl (C=O) groups excluding carboxylic acids is 2. The van der Waals surface area contributed by atoms with Crippen LogP contribution in [0.25, 0.3) is 0 Å². The monoisotopic (exact) mass is 368 g/mol. The predicted molar refractivity (Wildman–Crippen MR) is 86.3 cm³/mol. The van der Waals surface area contributed by atoms with Crippen LogP contribution in [0, 0.1) is 0 Å². The molecule has 0 aliphatic heterocycles. The number of nitrogens with one attached hydrogen (secondary N) is 1. The Morgan fingerprint density at radius 1 is 1.08 bits per heavy atom. The fourth-order valence-corrected chi connectivity index (χ4v) is 3.46. The average molecular weight is 368 g/mol. The Morgan fingerprint density at radius 3 is 2.08 bits per heavy atom. The maximum absolute atomic E-state index is 12.8. The predicted octanol–water partition coefficient (Wildman–Crippen LogP) is -1.62. The molecule has 2 aromatic carbocycles. The standard InChI is InChI=1S/C16H14N2O5S.Na/c1-2-18-10-7-11(24(21,22)23)14(17)13-12(10)15(19)8-5-3-4-6-9(8)16(13)20;/h3-7,18H,2,17H2,1H3,(H,21,22,23);/q;+1/p-1. The van der Waals surface area contributed by atoms with E-state index in [0.29, 0.717) is 6.54 Å². The van der Waals surface area contributed by atoms with Crippen molar-refractivity contribution in [1.29, 1.82) is 0 Å². The third kappa shape index (κ3) is 3.11. The first-order valence-corrected chi connectivity index (χ1v) is 8.52. The number of rotatable bonds is 3. The summed E-state index contributed by atoms with van der Waals surface area (Å²) in [6.45, 7) is 2.09. The van der Waals surface area contributed by atoms with Gasteiger partial charge in [0.1, 0.15) is 10.1 Å². The van der Waals surface area contributed by atoms with E-state index in [2.05, 4.69) is 5.32 Å². The quantitative estimate of drug-likeness (QED) is 0.323. The second-order valence-electron chi connectivity index (χ2n) is 5.27. The van der Waals surface area contributed by atoms with Gasteiger partial charge >= 0.3 is 29.6 Å². The summed E-state index contributed by atoms with van der Waals surface area (Å²) in [5.74, 6) is -1.03. The zero-order valence-electron chi connectivity index (χ0n) is 13.6. The van der Waals surface area contributed by atoms with Crippen LogP contribution in [-0.4, -0.2) is 31.1 Å². The van der Waals surface area contributed by atoms with Gasteiger partial charge in [-0.05, 0) is 13.0 Å². The maximum Gasteiger partial charge on any atom is 1.00 e. The van der Waals surface area contributed by atoms with E-state index in [1.54, 1.807) is 19.1 Å². The number of carbonyl (C=O) groups is 2. The van der Waals surface area contributed by atoms with E-state index in [1.165, 1.54) is 12.1 Å². The Hall–Kier alpha value is -1.71. The summed E-state index contributed by atoms with van der Waals surface area (Å²) in [4.78, 5) is 24.8. The van der Waals surface area contributed by atoms with Gasteiger partial charge in [-0.25, -0.2) is 8.42 Å². The zero-order chi connectivity index (χ0) is 17.6. The molecule has 0 saturated heterocycles. The van der Waals surface area contributed by atoms with Crippen molar-refractivity contribution in [3.8, 4) is 0 Å². The fraction of sp³-hybridized carbons (Fsp3) is 0.125. The van der Waals surface area contributed by atoms with E-state index in [0.717, 1.165) is 6.07 Å². The maximum atomic E-state index is 12.8. The SMILES string of the molecule is CCNc1cc(S(=O)(=O)[O-])c(N)c2c1C(=O)c1ccccc1C2=O.[Na+]. The largest absolute Gasteiger partial charge is 1.00 e. The van der Waals surface area contributed by atoms with Crippen LogP contribution in [-0.2, 0) is 10.1 Å². The molecule has 3 N–H and O–H groups in total. The van der Waals surface area contributed by atoms with Crippen LogP contribution in [0.4, 0.5) is 11.4 Å². The number of benzene rings is 2. The van der Waals surface area contributed by atoms with Crippen molar-refractivity contribution in [1.82, 2.24) is 0 Å². The van der Waals surface area contributed by atoms with Gasteiger partial charge in [0, 0.05) is 23.4 Å². The van der Waals surface area contributed by atoms with E-state index in [9.17, 15) is 22.6 Å². The van der Waals surface area contributed by atoms with Crippen molar-refractivity contribution in [3.05, 3.63) is 52.6 Å². The molecule has 0 bridgehead atoms. The van der Waals surface area contributed by atoms with Crippen molar-refractivity contribution in [2.45, 2.75) is 11.8 Å². The van der Waals surface area contributed by atoms with Gasteiger partial charge in [-0.1, -0.05) is 24.3 Å². The van der Waals surface area contributed by atoms with Crippen molar-refractivity contribution < 1.29 is 52.1 Å². The van der Waals surface area contributed by atoms with Gasteiger partial charge in [0.15, 0.2) is 11.6 Å². The molecule has 2 aromatic rings. The number of fused-ring (bicyclic) bond motifs is 2. The van der Waals surface area contributed by atoms with Gasteiger partial charge in [-0.3, -0.25) is 9.59 Å². The summed E-state index contributed by atoms with van der Waals surface area (Å²) in [7, 11) is -4.90. The van der Waals surface area contributed by atoms with Crippen molar-refractivity contribution in [3.63, 3.8) is 0 Å². The van der Waals surface area contributed by atoms with E-state index in [4.69, 9.17) is 5.73 Å². The van der Waals surface area contributed by atoms with Gasteiger partial charge in [0.2, 0.25) is 0 Å². The molecule has 3 rings (SSSR count). The Labute approximate surface area is 166 Å².